The highest BCUT2D eigenvalue weighted by Crippen LogP contribution is 2.34. The van der Waals surface area contributed by atoms with E-state index in [1.54, 1.807) is 44.2 Å². The molecule has 3 aromatic rings. The third-order valence-electron chi connectivity index (χ3n) is 8.78. The van der Waals surface area contributed by atoms with Crippen molar-refractivity contribution < 1.29 is 70.9 Å². The lowest BCUT2D eigenvalue weighted by atomic mass is 10.0. The molecule has 0 spiro atoms. The predicted molar refractivity (Wildman–Crippen MR) is 207 cm³/mol. The van der Waals surface area contributed by atoms with Crippen molar-refractivity contribution in [2.24, 2.45) is 11.8 Å². The molecule has 22 heteroatoms. The molecule has 0 radical (unpaired) electrons. The van der Waals surface area contributed by atoms with E-state index in [4.69, 9.17) is 9.15 Å². The fourth-order valence-electron chi connectivity index (χ4n) is 5.61. The van der Waals surface area contributed by atoms with Crippen molar-refractivity contribution in [2.75, 3.05) is 5.32 Å². The van der Waals surface area contributed by atoms with Crippen LogP contribution in [0.5, 0.6) is 0 Å². The molecule has 0 fully saturated rings. The SMILES string of the molecule is CC(NC(=O)C(NC(=O)C(CC(=O)O)NC(=O)C(NC(=O)OCc1ccccc1)C(C)C)C(C)C)C(=O)NC(CC(=O)O)C(=O)Nc1ccc2c(C(F)(F)F)cc(=O)oc2c1. The highest BCUT2D eigenvalue weighted by molar-refractivity contribution is 6.01. The summed E-state index contributed by atoms with van der Waals surface area (Å²) in [6, 6.07) is 3.91. The van der Waals surface area contributed by atoms with Crippen LogP contribution in [0.15, 0.2) is 63.8 Å². The number of ether oxygens (including phenoxy) is 1. The molecule has 330 valence electrons. The Labute approximate surface area is 345 Å². The Bertz CT molecular complexity index is 2180. The number of carbonyl (C=O) groups excluding carboxylic acids is 6. The van der Waals surface area contributed by atoms with Gasteiger partial charge in [-0.05, 0) is 36.5 Å². The van der Waals surface area contributed by atoms with E-state index in [1.807, 2.05) is 0 Å². The number of alkyl halides is 3. The largest absolute Gasteiger partial charge is 0.481 e. The van der Waals surface area contributed by atoms with Gasteiger partial charge in [-0.15, -0.1) is 0 Å². The molecule has 0 aliphatic carbocycles. The highest BCUT2D eigenvalue weighted by Gasteiger charge is 2.36. The van der Waals surface area contributed by atoms with Crippen molar-refractivity contribution in [1.82, 2.24) is 26.6 Å². The van der Waals surface area contributed by atoms with Crippen LogP contribution >= 0.6 is 0 Å². The van der Waals surface area contributed by atoms with Gasteiger partial charge in [-0.2, -0.15) is 13.2 Å². The first-order valence-electron chi connectivity index (χ1n) is 18.5. The molecule has 5 atom stereocenters. The molecular weight excluding hydrogens is 817 g/mol. The monoisotopic (exact) mass is 862 g/mol. The van der Waals surface area contributed by atoms with Gasteiger partial charge in [-0.3, -0.25) is 33.6 Å². The number of benzene rings is 2. The van der Waals surface area contributed by atoms with Crippen LogP contribution in [0.2, 0.25) is 0 Å². The lowest BCUT2D eigenvalue weighted by molar-refractivity contribution is -0.142. The quantitative estimate of drug-likeness (QED) is 0.0804. The Morgan fingerprint density at radius 2 is 1.21 bits per heavy atom. The molecule has 3 rings (SSSR count). The lowest BCUT2D eigenvalue weighted by Crippen LogP contribution is -2.60. The van der Waals surface area contributed by atoms with Gasteiger partial charge in [-0.1, -0.05) is 58.0 Å². The third kappa shape index (κ3) is 14.7. The number of halogens is 3. The van der Waals surface area contributed by atoms with E-state index in [1.165, 1.54) is 13.8 Å². The maximum Gasteiger partial charge on any atom is 0.417 e. The molecule has 61 heavy (non-hydrogen) atoms. The summed E-state index contributed by atoms with van der Waals surface area (Å²) in [6.45, 7) is 7.18. The van der Waals surface area contributed by atoms with E-state index >= 15 is 0 Å². The minimum atomic E-state index is -4.92. The molecule has 0 aliphatic rings. The first-order valence-corrected chi connectivity index (χ1v) is 18.5. The molecule has 0 saturated carbocycles. The lowest BCUT2D eigenvalue weighted by Gasteiger charge is -2.28. The van der Waals surface area contributed by atoms with Crippen molar-refractivity contribution in [3.63, 3.8) is 0 Å². The van der Waals surface area contributed by atoms with Gasteiger partial charge >= 0.3 is 29.8 Å². The van der Waals surface area contributed by atoms with Gasteiger partial charge in [0.25, 0.3) is 0 Å². The van der Waals surface area contributed by atoms with E-state index in [0.717, 1.165) is 25.1 Å². The summed E-state index contributed by atoms with van der Waals surface area (Å²) in [5.41, 5.74) is -2.73. The van der Waals surface area contributed by atoms with Crippen LogP contribution < -0.4 is 37.5 Å². The zero-order valence-corrected chi connectivity index (χ0v) is 33.4. The second-order valence-electron chi connectivity index (χ2n) is 14.4. The van der Waals surface area contributed by atoms with E-state index in [2.05, 4.69) is 31.9 Å². The number of anilines is 1. The summed E-state index contributed by atoms with van der Waals surface area (Å²) >= 11 is 0. The average molecular weight is 863 g/mol. The number of fused-ring (bicyclic) bond motifs is 1. The number of carboxylic acids is 2. The van der Waals surface area contributed by atoms with Crippen molar-refractivity contribution in [3.8, 4) is 0 Å². The number of nitrogens with one attached hydrogen (secondary N) is 6. The summed E-state index contributed by atoms with van der Waals surface area (Å²) in [5.74, 6) is -9.62. The maximum absolute atomic E-state index is 13.5. The number of amides is 6. The molecule has 8 N–H and O–H groups in total. The van der Waals surface area contributed by atoms with Crippen LogP contribution in [0.3, 0.4) is 0 Å². The van der Waals surface area contributed by atoms with Crippen LogP contribution in [-0.2, 0) is 51.1 Å². The Kier molecular flexibility index (Phi) is 16.9. The van der Waals surface area contributed by atoms with Gasteiger partial charge in [0.15, 0.2) is 0 Å². The number of carbonyl (C=O) groups is 8. The number of aliphatic carboxylic acids is 2. The minimum absolute atomic E-state index is 0.116. The average Bonchev–Trinajstić information content (AvgIpc) is 3.16. The van der Waals surface area contributed by atoms with E-state index in [9.17, 15) is 66.5 Å². The number of alkyl carbamates (subject to hydrolysis) is 1. The second-order valence-corrected chi connectivity index (χ2v) is 14.4. The summed E-state index contributed by atoms with van der Waals surface area (Å²) in [6.07, 6.45) is -7.82. The summed E-state index contributed by atoms with van der Waals surface area (Å²) in [4.78, 5) is 114. The number of hydrogen-bond donors (Lipinski definition) is 8. The first kappa shape index (κ1) is 48.4. The van der Waals surface area contributed by atoms with Gasteiger partial charge in [0, 0.05) is 23.2 Å². The topological polar surface area (TPSA) is 289 Å². The zero-order valence-electron chi connectivity index (χ0n) is 33.4. The smallest absolute Gasteiger partial charge is 0.417 e. The fourth-order valence-corrected chi connectivity index (χ4v) is 5.61. The van der Waals surface area contributed by atoms with Crippen LogP contribution in [0.4, 0.5) is 23.7 Å². The van der Waals surface area contributed by atoms with E-state index in [-0.39, 0.29) is 18.4 Å². The second kappa shape index (κ2) is 21.3. The Morgan fingerprint density at radius 1 is 0.672 bits per heavy atom. The van der Waals surface area contributed by atoms with Crippen LogP contribution in [0, 0.1) is 11.8 Å². The molecule has 19 nitrogen and oxygen atoms in total. The number of rotatable bonds is 19. The Hall–Kier alpha value is -7.00. The van der Waals surface area contributed by atoms with Crippen molar-refractivity contribution >= 4 is 64.2 Å². The Balaban J connectivity index is 1.69. The van der Waals surface area contributed by atoms with Gasteiger partial charge < -0.3 is 51.3 Å². The third-order valence-corrected chi connectivity index (χ3v) is 8.78. The van der Waals surface area contributed by atoms with Gasteiger partial charge in [0.05, 0.1) is 18.4 Å². The fraction of sp³-hybridized carbons (Fsp3) is 0.410. The normalized spacial score (nSPS) is 13.8. The van der Waals surface area contributed by atoms with Crippen molar-refractivity contribution in [3.05, 3.63) is 76.1 Å². The van der Waals surface area contributed by atoms with E-state index in [0.29, 0.717) is 5.56 Å². The minimum Gasteiger partial charge on any atom is -0.481 e. The standard InChI is InChI=1S/C39H45F3N6O13/c1-18(2)31(47-35(56)26(16-29(51)52)46-37(58)32(19(3)4)48-38(59)60-17-21-9-7-6-8-10-21)36(57)43-20(5)33(54)45-25(15-28(49)50)34(55)44-22-11-12-23-24(39(40,41)42)14-30(53)61-27(23)13-22/h6-14,18-20,25-26,31-32H,15-17H2,1-5H3,(H,43,57)(H,44,55)(H,45,54)(H,46,58)(H,47,56)(H,48,59)(H,49,50)(H,51,52). The summed E-state index contributed by atoms with van der Waals surface area (Å²) < 4.78 is 50.4. The molecule has 1 heterocycles. The number of carboxylic acid groups (broad SMARTS) is 2. The predicted octanol–water partition coefficient (Wildman–Crippen LogP) is 2.27. The highest BCUT2D eigenvalue weighted by atomic mass is 19.4. The Morgan fingerprint density at radius 3 is 1.77 bits per heavy atom. The molecule has 0 bridgehead atoms. The molecule has 1 aromatic heterocycles. The van der Waals surface area contributed by atoms with E-state index < -0.39 is 131 Å². The molecule has 2 aromatic carbocycles. The van der Waals surface area contributed by atoms with Gasteiger partial charge in [-0.25, -0.2) is 9.59 Å². The molecular formula is C39H45F3N6O13. The zero-order chi connectivity index (χ0) is 45.8. The van der Waals surface area contributed by atoms with Crippen LogP contribution in [0.1, 0.15) is 58.6 Å². The molecule has 6 amide bonds. The van der Waals surface area contributed by atoms with Crippen molar-refractivity contribution in [1.29, 1.82) is 0 Å². The first-order chi connectivity index (χ1) is 28.5. The number of hydrogen-bond acceptors (Lipinski definition) is 11. The molecule has 0 aliphatic heterocycles. The molecule has 0 saturated heterocycles. The molecule has 5 unspecified atom stereocenters. The van der Waals surface area contributed by atoms with Crippen LogP contribution in [-0.4, -0.2) is 88.0 Å². The van der Waals surface area contributed by atoms with Gasteiger partial charge in [0.1, 0.15) is 42.4 Å². The van der Waals surface area contributed by atoms with Crippen molar-refractivity contribution in [2.45, 2.75) is 90.5 Å². The summed E-state index contributed by atoms with van der Waals surface area (Å²) in [7, 11) is 0. The van der Waals surface area contributed by atoms with Crippen LogP contribution in [0.25, 0.3) is 11.0 Å². The maximum atomic E-state index is 13.5. The van der Waals surface area contributed by atoms with Gasteiger partial charge in [0.2, 0.25) is 29.5 Å². The summed E-state index contributed by atoms with van der Waals surface area (Å²) in [5, 5.41) is 32.2.